The van der Waals surface area contributed by atoms with Gasteiger partial charge in [0.1, 0.15) is 17.2 Å². The SMILES string of the molecule is C=CC(=O)Oc1c2c(c(Oc3ccccc3)c3ccccc13)CCCC2. The summed E-state index contributed by atoms with van der Waals surface area (Å²) in [5, 5.41) is 1.86. The van der Waals surface area contributed by atoms with Gasteiger partial charge in [-0.1, -0.05) is 49.0 Å². The third-order valence-electron chi connectivity index (χ3n) is 4.76. The predicted octanol–water partition coefficient (Wildman–Crippen LogP) is 5.60. The molecule has 130 valence electrons. The Kier molecular flexibility index (Phi) is 4.44. The first-order valence-electron chi connectivity index (χ1n) is 8.91. The second-order valence-corrected chi connectivity index (χ2v) is 6.41. The molecule has 3 nitrogen and oxygen atoms in total. The third kappa shape index (κ3) is 2.97. The van der Waals surface area contributed by atoms with E-state index in [0.29, 0.717) is 5.75 Å². The van der Waals surface area contributed by atoms with E-state index in [0.717, 1.165) is 59.1 Å². The Morgan fingerprint density at radius 2 is 1.42 bits per heavy atom. The van der Waals surface area contributed by atoms with Gasteiger partial charge in [-0.15, -0.1) is 0 Å². The number of carbonyl (C=O) groups excluding carboxylic acids is 1. The Bertz CT molecular complexity index is 974. The van der Waals surface area contributed by atoms with Crippen LogP contribution in [0.4, 0.5) is 0 Å². The monoisotopic (exact) mass is 344 g/mol. The Morgan fingerprint density at radius 3 is 2.08 bits per heavy atom. The van der Waals surface area contributed by atoms with Crippen molar-refractivity contribution in [3.05, 3.63) is 78.4 Å². The number of rotatable bonds is 4. The van der Waals surface area contributed by atoms with Crippen LogP contribution in [0.15, 0.2) is 67.3 Å². The van der Waals surface area contributed by atoms with Gasteiger partial charge in [-0.25, -0.2) is 4.79 Å². The number of hydrogen-bond donors (Lipinski definition) is 0. The third-order valence-corrected chi connectivity index (χ3v) is 4.76. The van der Waals surface area contributed by atoms with Crippen LogP contribution in [0, 0.1) is 0 Å². The van der Waals surface area contributed by atoms with Gasteiger partial charge >= 0.3 is 5.97 Å². The van der Waals surface area contributed by atoms with E-state index in [1.165, 1.54) is 6.08 Å². The zero-order valence-corrected chi connectivity index (χ0v) is 14.5. The number of hydrogen-bond acceptors (Lipinski definition) is 3. The second-order valence-electron chi connectivity index (χ2n) is 6.41. The lowest BCUT2D eigenvalue weighted by molar-refractivity contribution is -0.128. The summed E-state index contributed by atoms with van der Waals surface area (Å²) in [5.41, 5.74) is 2.22. The van der Waals surface area contributed by atoms with Crippen molar-refractivity contribution in [1.82, 2.24) is 0 Å². The van der Waals surface area contributed by atoms with Gasteiger partial charge in [0.15, 0.2) is 0 Å². The molecule has 0 saturated heterocycles. The largest absolute Gasteiger partial charge is 0.456 e. The molecule has 0 aromatic heterocycles. The molecule has 0 amide bonds. The van der Waals surface area contributed by atoms with E-state index in [9.17, 15) is 4.79 Å². The lowest BCUT2D eigenvalue weighted by Gasteiger charge is -2.24. The first-order valence-corrected chi connectivity index (χ1v) is 8.91. The van der Waals surface area contributed by atoms with Crippen molar-refractivity contribution in [2.75, 3.05) is 0 Å². The highest BCUT2D eigenvalue weighted by molar-refractivity contribution is 5.98. The molecule has 26 heavy (non-hydrogen) atoms. The van der Waals surface area contributed by atoms with Gasteiger partial charge in [0, 0.05) is 28.0 Å². The second kappa shape index (κ2) is 7.04. The molecule has 0 heterocycles. The molecular weight excluding hydrogens is 324 g/mol. The summed E-state index contributed by atoms with van der Waals surface area (Å²) < 4.78 is 12.0. The van der Waals surface area contributed by atoms with Crippen LogP contribution < -0.4 is 9.47 Å². The van der Waals surface area contributed by atoms with Gasteiger partial charge in [0.25, 0.3) is 0 Å². The van der Waals surface area contributed by atoms with Crippen molar-refractivity contribution in [2.24, 2.45) is 0 Å². The Morgan fingerprint density at radius 1 is 0.846 bits per heavy atom. The van der Waals surface area contributed by atoms with Gasteiger partial charge in [-0.2, -0.15) is 0 Å². The summed E-state index contributed by atoms with van der Waals surface area (Å²) in [6, 6.07) is 17.7. The fourth-order valence-corrected chi connectivity index (χ4v) is 3.59. The summed E-state index contributed by atoms with van der Waals surface area (Å²) in [6.45, 7) is 3.52. The smallest absolute Gasteiger partial charge is 0.335 e. The molecule has 0 bridgehead atoms. The highest BCUT2D eigenvalue weighted by atomic mass is 16.5. The molecule has 0 saturated carbocycles. The minimum atomic E-state index is -0.431. The van der Waals surface area contributed by atoms with Gasteiger partial charge in [0.05, 0.1) is 0 Å². The molecule has 0 spiro atoms. The molecule has 4 rings (SSSR count). The molecule has 0 atom stereocenters. The number of para-hydroxylation sites is 1. The Labute approximate surface area is 152 Å². The standard InChI is InChI=1S/C23H20O3/c1-2-21(24)26-23-19-14-8-6-12-17(19)22(18-13-7-9-15-20(18)23)25-16-10-4-3-5-11-16/h2-6,8,10-12,14H,1,7,9,13,15H2. The lowest BCUT2D eigenvalue weighted by atomic mass is 9.87. The number of benzene rings is 3. The van der Waals surface area contributed by atoms with Crippen LogP contribution in [0.5, 0.6) is 17.2 Å². The van der Waals surface area contributed by atoms with E-state index >= 15 is 0 Å². The molecule has 3 aromatic carbocycles. The number of esters is 1. The minimum Gasteiger partial charge on any atom is -0.456 e. The highest BCUT2D eigenvalue weighted by Crippen LogP contribution is 2.45. The first kappa shape index (κ1) is 16.4. The Hall–Kier alpha value is -3.07. The van der Waals surface area contributed by atoms with E-state index in [1.807, 2.05) is 54.6 Å². The van der Waals surface area contributed by atoms with Gasteiger partial charge < -0.3 is 9.47 Å². The summed E-state index contributed by atoms with van der Waals surface area (Å²) in [5.74, 6) is 1.90. The van der Waals surface area contributed by atoms with Crippen LogP contribution in [0.2, 0.25) is 0 Å². The van der Waals surface area contributed by atoms with Crippen molar-refractivity contribution in [2.45, 2.75) is 25.7 Å². The van der Waals surface area contributed by atoms with E-state index in [4.69, 9.17) is 9.47 Å². The molecule has 1 aliphatic rings. The predicted molar refractivity (Wildman–Crippen MR) is 103 cm³/mol. The van der Waals surface area contributed by atoms with Gasteiger partial charge in [0.2, 0.25) is 0 Å². The number of ether oxygens (including phenoxy) is 2. The summed E-state index contributed by atoms with van der Waals surface area (Å²) in [7, 11) is 0. The topological polar surface area (TPSA) is 35.5 Å². The summed E-state index contributed by atoms with van der Waals surface area (Å²) in [4.78, 5) is 11.9. The lowest BCUT2D eigenvalue weighted by Crippen LogP contribution is -2.12. The first-order chi connectivity index (χ1) is 12.8. The normalized spacial score (nSPS) is 13.1. The minimum absolute atomic E-state index is 0.431. The molecule has 0 N–H and O–H groups in total. The maximum absolute atomic E-state index is 11.9. The summed E-state index contributed by atoms with van der Waals surface area (Å²) >= 11 is 0. The van der Waals surface area contributed by atoms with Crippen molar-refractivity contribution in [3.63, 3.8) is 0 Å². The molecule has 3 heteroatoms. The van der Waals surface area contributed by atoms with Crippen molar-refractivity contribution < 1.29 is 14.3 Å². The molecule has 0 unspecified atom stereocenters. The van der Waals surface area contributed by atoms with Crippen LogP contribution in [-0.4, -0.2) is 5.97 Å². The fourth-order valence-electron chi connectivity index (χ4n) is 3.59. The van der Waals surface area contributed by atoms with Crippen LogP contribution in [0.25, 0.3) is 10.8 Å². The maximum Gasteiger partial charge on any atom is 0.335 e. The average Bonchev–Trinajstić information content (AvgIpc) is 2.71. The van der Waals surface area contributed by atoms with E-state index < -0.39 is 5.97 Å². The van der Waals surface area contributed by atoms with Crippen LogP contribution in [0.3, 0.4) is 0 Å². The van der Waals surface area contributed by atoms with E-state index in [-0.39, 0.29) is 0 Å². The number of carbonyl (C=O) groups is 1. The van der Waals surface area contributed by atoms with E-state index in [1.54, 1.807) is 0 Å². The van der Waals surface area contributed by atoms with Crippen molar-refractivity contribution >= 4 is 16.7 Å². The molecular formula is C23H20O3. The molecule has 0 radical (unpaired) electrons. The van der Waals surface area contributed by atoms with Crippen LogP contribution in [0.1, 0.15) is 24.0 Å². The zero-order chi connectivity index (χ0) is 17.9. The van der Waals surface area contributed by atoms with Crippen molar-refractivity contribution in [1.29, 1.82) is 0 Å². The molecule has 1 aliphatic carbocycles. The quantitative estimate of drug-likeness (QED) is 0.351. The highest BCUT2D eigenvalue weighted by Gasteiger charge is 2.25. The van der Waals surface area contributed by atoms with Gasteiger partial charge in [-0.05, 0) is 37.8 Å². The van der Waals surface area contributed by atoms with Crippen LogP contribution in [-0.2, 0) is 17.6 Å². The molecule has 3 aromatic rings. The maximum atomic E-state index is 11.9. The molecule has 0 fully saturated rings. The Balaban J connectivity index is 1.95. The fraction of sp³-hybridized carbons (Fsp3) is 0.174. The molecule has 0 aliphatic heterocycles. The van der Waals surface area contributed by atoms with Crippen molar-refractivity contribution in [3.8, 4) is 17.2 Å². The van der Waals surface area contributed by atoms with Crippen LogP contribution >= 0.6 is 0 Å². The number of fused-ring (bicyclic) bond motifs is 2. The summed E-state index contributed by atoms with van der Waals surface area (Å²) in [6.07, 6.45) is 5.19. The van der Waals surface area contributed by atoms with E-state index in [2.05, 4.69) is 6.58 Å². The average molecular weight is 344 g/mol. The van der Waals surface area contributed by atoms with Gasteiger partial charge in [-0.3, -0.25) is 0 Å². The zero-order valence-electron chi connectivity index (χ0n) is 14.5.